The minimum absolute atomic E-state index is 0.249. The third-order valence-corrected chi connectivity index (χ3v) is 2.11. The van der Waals surface area contributed by atoms with Gasteiger partial charge in [-0.1, -0.05) is 17.7 Å². The predicted molar refractivity (Wildman–Crippen MR) is 63.9 cm³/mol. The van der Waals surface area contributed by atoms with Gasteiger partial charge in [-0.25, -0.2) is 9.78 Å². The molecule has 5 nitrogen and oxygen atoms in total. The maximum atomic E-state index is 11.2. The van der Waals surface area contributed by atoms with E-state index in [1.165, 1.54) is 0 Å². The number of nitrogens with zero attached hydrogens (tertiary/aromatic N) is 1. The summed E-state index contributed by atoms with van der Waals surface area (Å²) in [5.41, 5.74) is 0.858. The fourth-order valence-electron chi connectivity index (χ4n) is 1.07. The fraction of sp³-hybridized carbons (Fsp3) is 0.455. The highest BCUT2D eigenvalue weighted by Crippen LogP contribution is 2.04. The summed E-state index contributed by atoms with van der Waals surface area (Å²) < 4.78 is 9.90. The average Bonchev–Trinajstić information content (AvgIpc) is 2.34. The van der Waals surface area contributed by atoms with E-state index in [4.69, 9.17) is 21.1 Å². The Balaban J connectivity index is 2.17. The number of halogens is 1. The molecule has 0 spiro atoms. The lowest BCUT2D eigenvalue weighted by Gasteiger charge is -2.06. The topological polar surface area (TPSA) is 60.5 Å². The number of nitrogens with one attached hydrogen (secondary N) is 1. The van der Waals surface area contributed by atoms with Crippen molar-refractivity contribution in [2.75, 3.05) is 19.8 Å². The molecule has 1 N–H and O–H groups in total. The standard InChI is InChI=1S/C11H15ClN2O3/c1-2-16-5-6-17-11(15)14-8-9-3-4-10(12)13-7-9/h3-4,7H,2,5-6,8H2,1H3,(H,14,15). The quantitative estimate of drug-likeness (QED) is 0.626. The average molecular weight is 259 g/mol. The Morgan fingerprint density at radius 1 is 1.47 bits per heavy atom. The van der Waals surface area contributed by atoms with Gasteiger partial charge in [0.05, 0.1) is 6.61 Å². The van der Waals surface area contributed by atoms with E-state index in [9.17, 15) is 4.79 Å². The van der Waals surface area contributed by atoms with Gasteiger partial charge < -0.3 is 14.8 Å². The summed E-state index contributed by atoms with van der Waals surface area (Å²) in [5.74, 6) is 0. The van der Waals surface area contributed by atoms with Crippen molar-refractivity contribution in [3.63, 3.8) is 0 Å². The van der Waals surface area contributed by atoms with Crippen molar-refractivity contribution in [1.29, 1.82) is 0 Å². The van der Waals surface area contributed by atoms with E-state index in [1.54, 1.807) is 18.3 Å². The molecule has 0 atom stereocenters. The molecule has 6 heteroatoms. The van der Waals surface area contributed by atoms with Crippen LogP contribution in [0.25, 0.3) is 0 Å². The first-order valence-corrected chi connectivity index (χ1v) is 5.69. The van der Waals surface area contributed by atoms with Gasteiger partial charge in [0.1, 0.15) is 11.8 Å². The molecule has 0 aromatic carbocycles. The van der Waals surface area contributed by atoms with Gasteiger partial charge in [0.2, 0.25) is 0 Å². The minimum atomic E-state index is -0.473. The van der Waals surface area contributed by atoms with Crippen molar-refractivity contribution in [1.82, 2.24) is 10.3 Å². The first-order valence-electron chi connectivity index (χ1n) is 5.31. The Bertz CT molecular complexity index is 343. The van der Waals surface area contributed by atoms with E-state index >= 15 is 0 Å². The number of ether oxygens (including phenoxy) is 2. The van der Waals surface area contributed by atoms with E-state index in [2.05, 4.69) is 10.3 Å². The largest absolute Gasteiger partial charge is 0.447 e. The summed E-state index contributed by atoms with van der Waals surface area (Å²) in [4.78, 5) is 15.1. The van der Waals surface area contributed by atoms with Crippen LogP contribution in [0.2, 0.25) is 5.15 Å². The molecule has 0 fully saturated rings. The zero-order valence-corrected chi connectivity index (χ0v) is 10.4. The number of pyridine rings is 1. The molecule has 0 radical (unpaired) electrons. The molecule has 0 aliphatic carbocycles. The first kappa shape index (κ1) is 13.7. The van der Waals surface area contributed by atoms with Crippen molar-refractivity contribution >= 4 is 17.7 Å². The van der Waals surface area contributed by atoms with Gasteiger partial charge in [-0.05, 0) is 18.6 Å². The van der Waals surface area contributed by atoms with Crippen LogP contribution in [0.15, 0.2) is 18.3 Å². The van der Waals surface area contributed by atoms with Gasteiger partial charge in [-0.15, -0.1) is 0 Å². The molecule has 0 aliphatic heterocycles. The van der Waals surface area contributed by atoms with Crippen LogP contribution in [-0.4, -0.2) is 30.9 Å². The second kappa shape index (κ2) is 7.86. The maximum Gasteiger partial charge on any atom is 0.407 e. The lowest BCUT2D eigenvalue weighted by atomic mass is 10.3. The normalized spacial score (nSPS) is 10.0. The highest BCUT2D eigenvalue weighted by atomic mass is 35.5. The molecule has 0 unspecified atom stereocenters. The molecule has 0 saturated heterocycles. The van der Waals surface area contributed by atoms with Crippen molar-refractivity contribution in [3.8, 4) is 0 Å². The Labute approximate surface area is 105 Å². The monoisotopic (exact) mass is 258 g/mol. The zero-order chi connectivity index (χ0) is 12.5. The highest BCUT2D eigenvalue weighted by Gasteiger charge is 2.01. The van der Waals surface area contributed by atoms with E-state index in [1.807, 2.05) is 6.92 Å². The van der Waals surface area contributed by atoms with Crippen LogP contribution >= 0.6 is 11.6 Å². The fourth-order valence-corrected chi connectivity index (χ4v) is 1.19. The number of carbonyl (C=O) groups excluding carboxylic acids is 1. The van der Waals surface area contributed by atoms with Crippen LogP contribution < -0.4 is 5.32 Å². The maximum absolute atomic E-state index is 11.2. The lowest BCUT2D eigenvalue weighted by Crippen LogP contribution is -2.25. The van der Waals surface area contributed by atoms with Crippen molar-refractivity contribution in [2.45, 2.75) is 13.5 Å². The molecule has 0 saturated carbocycles. The summed E-state index contributed by atoms with van der Waals surface area (Å²) in [7, 11) is 0. The summed E-state index contributed by atoms with van der Waals surface area (Å²) in [6, 6.07) is 3.45. The van der Waals surface area contributed by atoms with Crippen molar-refractivity contribution in [3.05, 3.63) is 29.0 Å². The molecular formula is C11H15ClN2O3. The van der Waals surface area contributed by atoms with Crippen LogP contribution in [0.1, 0.15) is 12.5 Å². The Hall–Kier alpha value is -1.33. The van der Waals surface area contributed by atoms with Crippen LogP contribution in [-0.2, 0) is 16.0 Å². The Morgan fingerprint density at radius 3 is 2.94 bits per heavy atom. The molecule has 1 rings (SSSR count). The minimum Gasteiger partial charge on any atom is -0.447 e. The number of alkyl carbamates (subject to hydrolysis) is 1. The lowest BCUT2D eigenvalue weighted by molar-refractivity contribution is 0.0786. The van der Waals surface area contributed by atoms with E-state index in [0.717, 1.165) is 5.56 Å². The molecule has 1 heterocycles. The molecule has 1 aromatic rings. The molecule has 94 valence electrons. The summed E-state index contributed by atoms with van der Waals surface area (Å²) >= 11 is 5.64. The SMILES string of the molecule is CCOCCOC(=O)NCc1ccc(Cl)nc1. The van der Waals surface area contributed by atoms with Crippen LogP contribution in [0.5, 0.6) is 0 Å². The number of rotatable bonds is 6. The number of carbonyl (C=O) groups is 1. The first-order chi connectivity index (χ1) is 8.22. The number of aromatic nitrogens is 1. The predicted octanol–water partition coefficient (Wildman–Crippen LogP) is 2.00. The molecule has 1 aromatic heterocycles. The highest BCUT2D eigenvalue weighted by molar-refractivity contribution is 6.29. The molecule has 0 bridgehead atoms. The van der Waals surface area contributed by atoms with Gasteiger partial charge in [0, 0.05) is 19.3 Å². The third kappa shape index (κ3) is 6.09. The van der Waals surface area contributed by atoms with Crippen LogP contribution in [0, 0.1) is 0 Å². The summed E-state index contributed by atoms with van der Waals surface area (Å²) in [5, 5.41) is 3.02. The molecule has 17 heavy (non-hydrogen) atoms. The van der Waals surface area contributed by atoms with E-state index in [0.29, 0.717) is 24.9 Å². The van der Waals surface area contributed by atoms with Gasteiger partial charge in [0.25, 0.3) is 0 Å². The van der Waals surface area contributed by atoms with Gasteiger partial charge in [0.15, 0.2) is 0 Å². The van der Waals surface area contributed by atoms with Crippen molar-refractivity contribution in [2.24, 2.45) is 0 Å². The van der Waals surface area contributed by atoms with Crippen LogP contribution in [0.4, 0.5) is 4.79 Å². The second-order valence-corrected chi connectivity index (χ2v) is 3.56. The summed E-state index contributed by atoms with van der Waals surface area (Å²) in [6.45, 7) is 3.51. The Morgan fingerprint density at radius 2 is 2.29 bits per heavy atom. The van der Waals surface area contributed by atoms with E-state index in [-0.39, 0.29) is 6.61 Å². The number of hydrogen-bond acceptors (Lipinski definition) is 4. The smallest absolute Gasteiger partial charge is 0.407 e. The molecule has 1 amide bonds. The molecule has 0 aliphatic rings. The van der Waals surface area contributed by atoms with Gasteiger partial charge >= 0.3 is 6.09 Å². The summed E-state index contributed by atoms with van der Waals surface area (Å²) in [6.07, 6.45) is 1.13. The molecular weight excluding hydrogens is 244 g/mol. The number of hydrogen-bond donors (Lipinski definition) is 1. The van der Waals surface area contributed by atoms with Crippen LogP contribution in [0.3, 0.4) is 0 Å². The second-order valence-electron chi connectivity index (χ2n) is 3.18. The Kier molecular flexibility index (Phi) is 6.35. The van der Waals surface area contributed by atoms with E-state index < -0.39 is 6.09 Å². The van der Waals surface area contributed by atoms with Gasteiger partial charge in [-0.2, -0.15) is 0 Å². The zero-order valence-electron chi connectivity index (χ0n) is 9.61. The third-order valence-electron chi connectivity index (χ3n) is 1.89. The number of amides is 1. The van der Waals surface area contributed by atoms with Crippen molar-refractivity contribution < 1.29 is 14.3 Å². The van der Waals surface area contributed by atoms with Gasteiger partial charge in [-0.3, -0.25) is 0 Å².